The molecule has 2 aliphatic rings. The minimum atomic E-state index is -0.136. The van der Waals surface area contributed by atoms with Gasteiger partial charge < -0.3 is 14.6 Å². The molecule has 0 spiro atoms. The van der Waals surface area contributed by atoms with Crippen molar-refractivity contribution in [2.75, 3.05) is 13.7 Å². The summed E-state index contributed by atoms with van der Waals surface area (Å²) < 4.78 is 10.4. The first-order chi connectivity index (χ1) is 6.26. The number of carbonyl (C=O) groups is 1. The van der Waals surface area contributed by atoms with Crippen molar-refractivity contribution < 1.29 is 19.4 Å². The van der Waals surface area contributed by atoms with Crippen molar-refractivity contribution in [1.82, 2.24) is 0 Å². The fourth-order valence-electron chi connectivity index (χ4n) is 2.48. The molecule has 0 radical (unpaired) electrons. The molecule has 1 saturated heterocycles. The number of methoxy groups -OCH3 is 1. The van der Waals surface area contributed by atoms with Crippen molar-refractivity contribution in [2.24, 2.45) is 11.8 Å². The lowest BCUT2D eigenvalue weighted by atomic mass is 9.93. The van der Waals surface area contributed by atoms with Crippen molar-refractivity contribution in [1.29, 1.82) is 0 Å². The molecule has 13 heavy (non-hydrogen) atoms. The molecule has 74 valence electrons. The minimum Gasteiger partial charge on any atom is -0.462 e. The van der Waals surface area contributed by atoms with Crippen molar-refractivity contribution in [3.63, 3.8) is 0 Å². The van der Waals surface area contributed by atoms with Crippen LogP contribution in [-0.2, 0) is 14.3 Å². The Hall–Kier alpha value is -0.610. The molecule has 0 bridgehead atoms. The highest BCUT2D eigenvalue weighted by molar-refractivity contribution is 5.72. The fraction of sp³-hybridized carbons (Fsp3) is 0.889. The van der Waals surface area contributed by atoms with Gasteiger partial charge >= 0.3 is 5.97 Å². The van der Waals surface area contributed by atoms with Crippen LogP contribution in [0.4, 0.5) is 0 Å². The van der Waals surface area contributed by atoms with Crippen LogP contribution in [0.15, 0.2) is 0 Å². The van der Waals surface area contributed by atoms with E-state index < -0.39 is 0 Å². The highest BCUT2D eigenvalue weighted by Crippen LogP contribution is 2.42. The molecule has 4 atom stereocenters. The summed E-state index contributed by atoms with van der Waals surface area (Å²) in [5.74, 6) is 0.104. The summed E-state index contributed by atoms with van der Waals surface area (Å²) in [6.45, 7) is 0.0797. The van der Waals surface area contributed by atoms with E-state index >= 15 is 0 Å². The van der Waals surface area contributed by atoms with Gasteiger partial charge in [-0.3, -0.25) is 4.79 Å². The first kappa shape index (κ1) is 8.97. The summed E-state index contributed by atoms with van der Waals surface area (Å²) in [4.78, 5) is 11.0. The van der Waals surface area contributed by atoms with Crippen molar-refractivity contribution in [3.05, 3.63) is 0 Å². The van der Waals surface area contributed by atoms with Gasteiger partial charge in [0.15, 0.2) is 0 Å². The molecule has 4 nitrogen and oxygen atoms in total. The van der Waals surface area contributed by atoms with Crippen LogP contribution in [0, 0.1) is 11.8 Å². The predicted molar refractivity (Wildman–Crippen MR) is 44.0 cm³/mol. The number of fused-ring (bicyclic) bond motifs is 1. The van der Waals surface area contributed by atoms with E-state index in [1.807, 2.05) is 0 Å². The summed E-state index contributed by atoms with van der Waals surface area (Å²) >= 11 is 0. The normalized spacial score (nSPS) is 43.4. The number of carbonyl (C=O) groups excluding carboxylic acids is 1. The Kier molecular flexibility index (Phi) is 2.26. The van der Waals surface area contributed by atoms with Gasteiger partial charge in [0.1, 0.15) is 6.10 Å². The van der Waals surface area contributed by atoms with Gasteiger partial charge in [-0.15, -0.1) is 0 Å². The third-order valence-electron chi connectivity index (χ3n) is 3.17. The largest absolute Gasteiger partial charge is 0.462 e. The SMILES string of the molecule is COC1CC2OC(=O)C[C@@H]2[C@H]1CO. The maximum Gasteiger partial charge on any atom is 0.306 e. The van der Waals surface area contributed by atoms with E-state index in [1.54, 1.807) is 7.11 Å². The molecular weight excluding hydrogens is 172 g/mol. The van der Waals surface area contributed by atoms with E-state index in [0.29, 0.717) is 6.42 Å². The van der Waals surface area contributed by atoms with Crippen LogP contribution < -0.4 is 0 Å². The van der Waals surface area contributed by atoms with Gasteiger partial charge in [-0.25, -0.2) is 0 Å². The molecule has 2 unspecified atom stereocenters. The first-order valence-corrected chi connectivity index (χ1v) is 4.59. The van der Waals surface area contributed by atoms with Gasteiger partial charge in [0, 0.05) is 32.0 Å². The van der Waals surface area contributed by atoms with E-state index in [0.717, 1.165) is 6.42 Å². The Morgan fingerprint density at radius 2 is 2.46 bits per heavy atom. The van der Waals surface area contributed by atoms with Crippen LogP contribution in [0.3, 0.4) is 0 Å². The van der Waals surface area contributed by atoms with Gasteiger partial charge in [-0.1, -0.05) is 0 Å². The maximum atomic E-state index is 11.0. The molecule has 2 rings (SSSR count). The van der Waals surface area contributed by atoms with Gasteiger partial charge in [-0.05, 0) is 0 Å². The zero-order valence-electron chi connectivity index (χ0n) is 7.60. The Balaban J connectivity index is 2.09. The zero-order chi connectivity index (χ0) is 9.42. The van der Waals surface area contributed by atoms with Crippen molar-refractivity contribution >= 4 is 5.97 Å². The van der Waals surface area contributed by atoms with Crippen LogP contribution in [0.5, 0.6) is 0 Å². The second-order valence-electron chi connectivity index (χ2n) is 3.75. The Bertz CT molecular complexity index is 216. The van der Waals surface area contributed by atoms with Gasteiger partial charge in [0.05, 0.1) is 12.5 Å². The molecule has 0 aromatic rings. The molecule has 0 aromatic heterocycles. The summed E-state index contributed by atoms with van der Waals surface area (Å²) in [5, 5.41) is 9.15. The van der Waals surface area contributed by atoms with Crippen LogP contribution in [0.2, 0.25) is 0 Å². The van der Waals surface area contributed by atoms with E-state index in [9.17, 15) is 4.79 Å². The Morgan fingerprint density at radius 3 is 3.08 bits per heavy atom. The molecule has 2 fully saturated rings. The molecule has 0 amide bonds. The maximum absolute atomic E-state index is 11.0. The van der Waals surface area contributed by atoms with Crippen LogP contribution in [0.1, 0.15) is 12.8 Å². The van der Waals surface area contributed by atoms with Crippen molar-refractivity contribution in [2.45, 2.75) is 25.0 Å². The van der Waals surface area contributed by atoms with E-state index in [2.05, 4.69) is 0 Å². The highest BCUT2D eigenvalue weighted by Gasteiger charge is 2.49. The summed E-state index contributed by atoms with van der Waals surface area (Å²) in [6, 6.07) is 0. The van der Waals surface area contributed by atoms with E-state index in [1.165, 1.54) is 0 Å². The Morgan fingerprint density at radius 1 is 1.69 bits per heavy atom. The number of esters is 1. The molecule has 4 heteroatoms. The number of ether oxygens (including phenoxy) is 2. The summed E-state index contributed by atoms with van der Waals surface area (Å²) in [6.07, 6.45) is 1.20. The number of rotatable bonds is 2. The molecule has 1 aliphatic heterocycles. The quantitative estimate of drug-likeness (QED) is 0.614. The number of aliphatic hydroxyl groups is 1. The van der Waals surface area contributed by atoms with Gasteiger partial charge in [0.2, 0.25) is 0 Å². The third-order valence-corrected chi connectivity index (χ3v) is 3.17. The molecule has 1 heterocycles. The smallest absolute Gasteiger partial charge is 0.306 e. The van der Waals surface area contributed by atoms with Crippen LogP contribution in [-0.4, -0.2) is 37.0 Å². The molecule has 1 saturated carbocycles. The first-order valence-electron chi connectivity index (χ1n) is 4.59. The van der Waals surface area contributed by atoms with Crippen molar-refractivity contribution in [3.8, 4) is 0 Å². The summed E-state index contributed by atoms with van der Waals surface area (Å²) in [7, 11) is 1.64. The highest BCUT2D eigenvalue weighted by atomic mass is 16.6. The monoisotopic (exact) mass is 186 g/mol. The zero-order valence-corrected chi connectivity index (χ0v) is 7.60. The lowest BCUT2D eigenvalue weighted by Gasteiger charge is -2.18. The average Bonchev–Trinajstić information content (AvgIpc) is 2.59. The standard InChI is InChI=1S/C9H14O4/c1-12-7-3-8-5(6(7)4-10)2-9(11)13-8/h5-8,10H,2-4H2,1H3/t5-,6-,7?,8?/m1/s1. The van der Waals surface area contributed by atoms with Crippen LogP contribution >= 0.6 is 0 Å². The Labute approximate surface area is 76.8 Å². The second-order valence-corrected chi connectivity index (χ2v) is 3.75. The molecule has 1 aliphatic carbocycles. The lowest BCUT2D eigenvalue weighted by molar-refractivity contribution is -0.142. The molecule has 1 N–H and O–H groups in total. The summed E-state index contributed by atoms with van der Waals surface area (Å²) in [5.41, 5.74) is 0. The fourth-order valence-corrected chi connectivity index (χ4v) is 2.48. The van der Waals surface area contributed by atoms with Gasteiger partial charge in [-0.2, -0.15) is 0 Å². The number of hydrogen-bond acceptors (Lipinski definition) is 4. The van der Waals surface area contributed by atoms with E-state index in [4.69, 9.17) is 14.6 Å². The second kappa shape index (κ2) is 3.27. The topological polar surface area (TPSA) is 55.8 Å². The number of hydrogen-bond donors (Lipinski definition) is 1. The minimum absolute atomic E-state index is 0.0189. The van der Waals surface area contributed by atoms with E-state index in [-0.39, 0.29) is 36.6 Å². The lowest BCUT2D eigenvalue weighted by Crippen LogP contribution is -2.25. The predicted octanol–water partition coefficient (Wildman–Crippen LogP) is -0.0547. The third kappa shape index (κ3) is 1.34. The molecular formula is C9H14O4. The number of aliphatic hydroxyl groups excluding tert-OH is 1. The van der Waals surface area contributed by atoms with Crippen LogP contribution in [0.25, 0.3) is 0 Å². The molecule has 0 aromatic carbocycles. The van der Waals surface area contributed by atoms with Gasteiger partial charge in [0.25, 0.3) is 0 Å². The average molecular weight is 186 g/mol.